The van der Waals surface area contributed by atoms with Crippen molar-refractivity contribution in [3.8, 4) is 5.75 Å². The number of ether oxygens (including phenoxy) is 2. The van der Waals surface area contributed by atoms with Crippen LogP contribution in [-0.2, 0) is 11.3 Å². The number of nitrogens with one attached hydrogen (secondary N) is 2. The molecule has 7 heteroatoms. The van der Waals surface area contributed by atoms with Crippen molar-refractivity contribution >= 4 is 17.5 Å². The first-order chi connectivity index (χ1) is 14.7. The van der Waals surface area contributed by atoms with Crippen LogP contribution in [0.1, 0.15) is 32.9 Å². The van der Waals surface area contributed by atoms with E-state index in [4.69, 9.17) is 13.9 Å². The summed E-state index contributed by atoms with van der Waals surface area (Å²) in [5.74, 6) is 0.871. The van der Waals surface area contributed by atoms with Crippen molar-refractivity contribution in [3.63, 3.8) is 0 Å². The lowest BCUT2D eigenvalue weighted by atomic mass is 10.1. The molecule has 2 aromatic carbocycles. The maximum Gasteiger partial charge on any atom is 0.255 e. The standard InChI is InChI=1S/C23H24N2O5/c1-28-18-11-9-17(10-12-18)22(26)25-21-8-3-2-7-20(21)23(27)24-13-5-14-29-16-19-6-4-15-30-19/h2-4,6-12,15H,5,13-14,16H2,1H3,(H,24,27)(H,25,26). The lowest BCUT2D eigenvalue weighted by Gasteiger charge is -2.12. The lowest BCUT2D eigenvalue weighted by molar-refractivity contribution is 0.0917. The molecule has 1 aromatic heterocycles. The Morgan fingerprint density at radius 1 is 0.967 bits per heavy atom. The molecule has 0 atom stereocenters. The molecule has 0 bridgehead atoms. The van der Waals surface area contributed by atoms with Crippen LogP contribution in [0.5, 0.6) is 5.75 Å². The molecule has 156 valence electrons. The average molecular weight is 408 g/mol. The van der Waals surface area contributed by atoms with Crippen LogP contribution in [0.3, 0.4) is 0 Å². The Morgan fingerprint density at radius 3 is 2.50 bits per heavy atom. The molecule has 0 unspecified atom stereocenters. The van der Waals surface area contributed by atoms with Gasteiger partial charge in [0, 0.05) is 18.7 Å². The number of hydrogen-bond donors (Lipinski definition) is 2. The van der Waals surface area contributed by atoms with Crippen molar-refractivity contribution in [1.29, 1.82) is 0 Å². The molecule has 0 saturated carbocycles. The van der Waals surface area contributed by atoms with E-state index in [1.807, 2.05) is 12.1 Å². The van der Waals surface area contributed by atoms with Gasteiger partial charge in [-0.1, -0.05) is 12.1 Å². The highest BCUT2D eigenvalue weighted by molar-refractivity contribution is 6.09. The van der Waals surface area contributed by atoms with Crippen molar-refractivity contribution in [2.45, 2.75) is 13.0 Å². The number of methoxy groups -OCH3 is 1. The van der Waals surface area contributed by atoms with Gasteiger partial charge in [-0.05, 0) is 55.0 Å². The molecule has 0 aliphatic rings. The predicted octanol–water partition coefficient (Wildman–Crippen LogP) is 3.88. The number of furan rings is 1. The highest BCUT2D eigenvalue weighted by Crippen LogP contribution is 2.17. The quantitative estimate of drug-likeness (QED) is 0.497. The number of carbonyl (C=O) groups excluding carboxylic acids is 2. The van der Waals surface area contributed by atoms with Crippen LogP contribution in [-0.4, -0.2) is 32.1 Å². The third-order valence-electron chi connectivity index (χ3n) is 4.35. The first-order valence-corrected chi connectivity index (χ1v) is 9.60. The number of benzene rings is 2. The molecular formula is C23H24N2O5. The van der Waals surface area contributed by atoms with Crippen LogP contribution in [0.25, 0.3) is 0 Å². The Labute approximate surface area is 175 Å². The van der Waals surface area contributed by atoms with E-state index in [0.717, 1.165) is 5.76 Å². The lowest BCUT2D eigenvalue weighted by Crippen LogP contribution is -2.26. The highest BCUT2D eigenvalue weighted by atomic mass is 16.5. The van der Waals surface area contributed by atoms with Crippen molar-refractivity contribution in [1.82, 2.24) is 5.32 Å². The van der Waals surface area contributed by atoms with Gasteiger partial charge in [-0.2, -0.15) is 0 Å². The van der Waals surface area contributed by atoms with Gasteiger partial charge in [-0.15, -0.1) is 0 Å². The molecule has 2 amide bonds. The van der Waals surface area contributed by atoms with Crippen molar-refractivity contribution in [2.75, 3.05) is 25.6 Å². The average Bonchev–Trinajstić information content (AvgIpc) is 3.30. The fourth-order valence-corrected chi connectivity index (χ4v) is 2.77. The summed E-state index contributed by atoms with van der Waals surface area (Å²) in [5.41, 5.74) is 1.32. The number of amides is 2. The zero-order valence-electron chi connectivity index (χ0n) is 16.7. The van der Waals surface area contributed by atoms with Crippen LogP contribution in [0.15, 0.2) is 71.3 Å². The number of hydrogen-bond acceptors (Lipinski definition) is 5. The molecule has 0 fully saturated rings. The number of para-hydroxylation sites is 1. The van der Waals surface area contributed by atoms with Gasteiger partial charge in [-0.25, -0.2) is 0 Å². The van der Waals surface area contributed by atoms with Gasteiger partial charge in [-0.3, -0.25) is 9.59 Å². The number of anilines is 1. The maximum atomic E-state index is 12.6. The normalized spacial score (nSPS) is 10.4. The van der Waals surface area contributed by atoms with E-state index in [1.54, 1.807) is 61.9 Å². The third kappa shape index (κ3) is 5.96. The molecule has 3 rings (SSSR count). The van der Waals surface area contributed by atoms with Gasteiger partial charge in [0.05, 0.1) is 24.6 Å². The van der Waals surface area contributed by atoms with Gasteiger partial charge < -0.3 is 24.5 Å². The minimum absolute atomic E-state index is 0.258. The zero-order valence-corrected chi connectivity index (χ0v) is 16.7. The smallest absolute Gasteiger partial charge is 0.255 e. The van der Waals surface area contributed by atoms with Crippen LogP contribution in [0, 0.1) is 0 Å². The van der Waals surface area contributed by atoms with Gasteiger partial charge in [0.2, 0.25) is 0 Å². The highest BCUT2D eigenvalue weighted by Gasteiger charge is 2.14. The summed E-state index contributed by atoms with van der Waals surface area (Å²) in [6.07, 6.45) is 2.26. The molecular weight excluding hydrogens is 384 g/mol. The second kappa shape index (κ2) is 10.8. The minimum Gasteiger partial charge on any atom is -0.497 e. The van der Waals surface area contributed by atoms with E-state index >= 15 is 0 Å². The topological polar surface area (TPSA) is 89.8 Å². The Balaban J connectivity index is 1.49. The molecule has 0 spiro atoms. The second-order valence-corrected chi connectivity index (χ2v) is 6.47. The summed E-state index contributed by atoms with van der Waals surface area (Å²) in [4.78, 5) is 25.1. The molecule has 7 nitrogen and oxygen atoms in total. The molecule has 1 heterocycles. The first kappa shape index (κ1) is 21.1. The largest absolute Gasteiger partial charge is 0.497 e. The fourth-order valence-electron chi connectivity index (χ4n) is 2.77. The molecule has 0 aliphatic heterocycles. The van der Waals surface area contributed by atoms with Gasteiger partial charge >= 0.3 is 0 Å². The number of rotatable bonds is 10. The van der Waals surface area contributed by atoms with Gasteiger partial charge in [0.15, 0.2) is 0 Å². The van der Waals surface area contributed by atoms with Crippen LogP contribution >= 0.6 is 0 Å². The maximum absolute atomic E-state index is 12.6. The minimum atomic E-state index is -0.302. The van der Waals surface area contributed by atoms with Crippen molar-refractivity contribution in [3.05, 3.63) is 83.8 Å². The molecule has 3 aromatic rings. The van der Waals surface area contributed by atoms with E-state index in [2.05, 4.69) is 10.6 Å². The summed E-state index contributed by atoms with van der Waals surface area (Å²) in [6, 6.07) is 17.3. The van der Waals surface area contributed by atoms with Gasteiger partial charge in [0.1, 0.15) is 18.1 Å². The summed E-state index contributed by atoms with van der Waals surface area (Å²) >= 11 is 0. The van der Waals surface area contributed by atoms with Crippen molar-refractivity contribution in [2.24, 2.45) is 0 Å². The molecule has 0 saturated heterocycles. The Bertz CT molecular complexity index is 952. The van der Waals surface area contributed by atoms with E-state index in [0.29, 0.717) is 48.7 Å². The van der Waals surface area contributed by atoms with Crippen LogP contribution in [0.2, 0.25) is 0 Å². The van der Waals surface area contributed by atoms with Crippen LogP contribution in [0.4, 0.5) is 5.69 Å². The molecule has 0 aliphatic carbocycles. The monoisotopic (exact) mass is 408 g/mol. The second-order valence-electron chi connectivity index (χ2n) is 6.47. The molecule has 2 N–H and O–H groups in total. The van der Waals surface area contributed by atoms with Crippen molar-refractivity contribution < 1.29 is 23.5 Å². The summed E-state index contributed by atoms with van der Waals surface area (Å²) in [5, 5.41) is 5.65. The summed E-state index contributed by atoms with van der Waals surface area (Å²) in [7, 11) is 1.56. The Hall–Kier alpha value is -3.58. The number of carbonyl (C=O) groups is 2. The predicted molar refractivity (Wildman–Crippen MR) is 113 cm³/mol. The zero-order chi connectivity index (χ0) is 21.2. The molecule has 30 heavy (non-hydrogen) atoms. The Morgan fingerprint density at radius 2 is 1.77 bits per heavy atom. The summed E-state index contributed by atoms with van der Waals surface area (Å²) in [6.45, 7) is 1.36. The summed E-state index contributed by atoms with van der Waals surface area (Å²) < 4.78 is 15.8. The van der Waals surface area contributed by atoms with Gasteiger partial charge in [0.25, 0.3) is 11.8 Å². The molecule has 0 radical (unpaired) electrons. The third-order valence-corrected chi connectivity index (χ3v) is 4.35. The van der Waals surface area contributed by atoms with E-state index in [1.165, 1.54) is 0 Å². The SMILES string of the molecule is COc1ccc(C(=O)Nc2ccccc2C(=O)NCCCOCc2ccco2)cc1. The Kier molecular flexibility index (Phi) is 7.63. The van der Waals surface area contributed by atoms with Crippen LogP contribution < -0.4 is 15.4 Å². The van der Waals surface area contributed by atoms with E-state index in [9.17, 15) is 9.59 Å². The fraction of sp³-hybridized carbons (Fsp3) is 0.217. The first-order valence-electron chi connectivity index (χ1n) is 9.60. The van der Waals surface area contributed by atoms with E-state index < -0.39 is 0 Å². The van der Waals surface area contributed by atoms with E-state index in [-0.39, 0.29) is 11.8 Å².